The molecule has 0 saturated heterocycles. The Morgan fingerprint density at radius 1 is 1.17 bits per heavy atom. The van der Waals surface area contributed by atoms with E-state index in [1.807, 2.05) is 18.2 Å². The van der Waals surface area contributed by atoms with E-state index in [-0.39, 0.29) is 11.3 Å². The van der Waals surface area contributed by atoms with Crippen LogP contribution in [0.3, 0.4) is 0 Å². The Kier molecular flexibility index (Phi) is 5.56. The number of hydrogen-bond acceptors (Lipinski definition) is 4. The Bertz CT molecular complexity index is 620. The summed E-state index contributed by atoms with van der Waals surface area (Å²) in [6.45, 7) is 1.41. The van der Waals surface area contributed by atoms with Crippen LogP contribution in [-0.2, 0) is 17.8 Å². The number of tetrazole rings is 1. The fourth-order valence-corrected chi connectivity index (χ4v) is 3.68. The molecule has 0 aliphatic heterocycles. The molecule has 0 atom stereocenters. The average molecular weight is 327 g/mol. The molecule has 1 aliphatic carbocycles. The maximum atomic E-state index is 12.5. The van der Waals surface area contributed by atoms with E-state index in [9.17, 15) is 4.79 Å². The van der Waals surface area contributed by atoms with Gasteiger partial charge in [-0.1, -0.05) is 49.6 Å². The van der Waals surface area contributed by atoms with Gasteiger partial charge in [-0.15, -0.1) is 5.10 Å². The van der Waals surface area contributed by atoms with Crippen LogP contribution in [0.4, 0.5) is 0 Å². The standard InChI is InChI=1S/C18H25N5O/c24-17(19-12-9-16-7-3-1-4-8-16)13-18(10-5-2-6-11-18)14-23-15-20-21-22-23/h1,3-4,7-8,15H,2,5-6,9-14H2,(H,19,24). The van der Waals surface area contributed by atoms with Gasteiger partial charge >= 0.3 is 0 Å². The maximum Gasteiger partial charge on any atom is 0.220 e. The highest BCUT2D eigenvalue weighted by Gasteiger charge is 2.35. The zero-order chi connectivity index (χ0) is 16.7. The molecule has 128 valence electrons. The second-order valence-electron chi connectivity index (χ2n) is 6.83. The second-order valence-corrected chi connectivity index (χ2v) is 6.83. The number of amides is 1. The molecule has 1 amide bonds. The van der Waals surface area contributed by atoms with E-state index in [1.54, 1.807) is 11.0 Å². The van der Waals surface area contributed by atoms with Gasteiger partial charge in [-0.2, -0.15) is 0 Å². The zero-order valence-electron chi connectivity index (χ0n) is 14.0. The molecular weight excluding hydrogens is 302 g/mol. The lowest BCUT2D eigenvalue weighted by Gasteiger charge is -2.36. The first-order valence-electron chi connectivity index (χ1n) is 8.77. The fourth-order valence-electron chi connectivity index (χ4n) is 3.68. The maximum absolute atomic E-state index is 12.5. The van der Waals surface area contributed by atoms with Crippen molar-refractivity contribution in [3.05, 3.63) is 42.2 Å². The topological polar surface area (TPSA) is 72.7 Å². The van der Waals surface area contributed by atoms with E-state index in [0.717, 1.165) is 25.8 Å². The Hall–Kier alpha value is -2.24. The highest BCUT2D eigenvalue weighted by atomic mass is 16.1. The van der Waals surface area contributed by atoms with Crippen LogP contribution in [0, 0.1) is 5.41 Å². The van der Waals surface area contributed by atoms with Crippen LogP contribution >= 0.6 is 0 Å². The summed E-state index contributed by atoms with van der Waals surface area (Å²) >= 11 is 0. The first-order valence-corrected chi connectivity index (χ1v) is 8.77. The number of carbonyl (C=O) groups is 1. The van der Waals surface area contributed by atoms with E-state index in [4.69, 9.17) is 0 Å². The molecule has 1 aromatic carbocycles. The number of benzene rings is 1. The summed E-state index contributed by atoms with van der Waals surface area (Å²) in [7, 11) is 0. The summed E-state index contributed by atoms with van der Waals surface area (Å²) in [5.74, 6) is 0.140. The van der Waals surface area contributed by atoms with Gasteiger partial charge in [-0.05, 0) is 40.7 Å². The Morgan fingerprint density at radius 2 is 1.96 bits per heavy atom. The fraction of sp³-hybridized carbons (Fsp3) is 0.556. The number of nitrogens with one attached hydrogen (secondary N) is 1. The normalized spacial score (nSPS) is 16.7. The first kappa shape index (κ1) is 16.6. The quantitative estimate of drug-likeness (QED) is 0.847. The van der Waals surface area contributed by atoms with Crippen LogP contribution < -0.4 is 5.32 Å². The minimum absolute atomic E-state index is 0.00946. The predicted molar refractivity (Wildman–Crippen MR) is 91.1 cm³/mol. The Balaban J connectivity index is 1.53. The molecule has 2 aromatic rings. The summed E-state index contributed by atoms with van der Waals surface area (Å²) in [4.78, 5) is 12.5. The minimum atomic E-state index is -0.00946. The predicted octanol–water partition coefficient (Wildman–Crippen LogP) is 2.37. The lowest BCUT2D eigenvalue weighted by atomic mass is 9.71. The molecule has 1 fully saturated rings. The van der Waals surface area contributed by atoms with Crippen LogP contribution in [0.25, 0.3) is 0 Å². The van der Waals surface area contributed by atoms with E-state index in [2.05, 4.69) is 33.0 Å². The van der Waals surface area contributed by atoms with Crippen LogP contribution in [0.2, 0.25) is 0 Å². The molecule has 1 heterocycles. The number of carbonyl (C=O) groups excluding carboxylic acids is 1. The van der Waals surface area contributed by atoms with E-state index >= 15 is 0 Å². The van der Waals surface area contributed by atoms with Crippen LogP contribution in [0.15, 0.2) is 36.7 Å². The molecule has 0 spiro atoms. The summed E-state index contributed by atoms with van der Waals surface area (Å²) in [6, 6.07) is 10.2. The molecule has 0 unspecified atom stereocenters. The molecule has 1 saturated carbocycles. The van der Waals surface area contributed by atoms with Crippen molar-refractivity contribution in [2.75, 3.05) is 6.54 Å². The molecule has 0 radical (unpaired) electrons. The van der Waals surface area contributed by atoms with Crippen molar-refractivity contribution < 1.29 is 4.79 Å². The number of nitrogens with zero attached hydrogens (tertiary/aromatic N) is 4. The largest absolute Gasteiger partial charge is 0.356 e. The van der Waals surface area contributed by atoms with Crippen molar-refractivity contribution in [2.24, 2.45) is 5.41 Å². The lowest BCUT2D eigenvalue weighted by Crippen LogP contribution is -2.37. The van der Waals surface area contributed by atoms with Gasteiger partial charge in [-0.3, -0.25) is 4.79 Å². The average Bonchev–Trinajstić information content (AvgIpc) is 3.09. The third-order valence-electron chi connectivity index (χ3n) is 4.92. The van der Waals surface area contributed by atoms with Gasteiger partial charge in [0.2, 0.25) is 5.91 Å². The smallest absolute Gasteiger partial charge is 0.220 e. The molecule has 1 aromatic heterocycles. The van der Waals surface area contributed by atoms with Gasteiger partial charge in [0.25, 0.3) is 0 Å². The second kappa shape index (κ2) is 8.04. The van der Waals surface area contributed by atoms with Gasteiger partial charge in [0.15, 0.2) is 0 Å². The molecule has 3 rings (SSSR count). The SMILES string of the molecule is O=C(CC1(Cn2cnnn2)CCCCC1)NCCc1ccccc1. The van der Waals surface area contributed by atoms with Crippen LogP contribution in [-0.4, -0.2) is 32.7 Å². The summed E-state index contributed by atoms with van der Waals surface area (Å²) in [5, 5.41) is 14.5. The van der Waals surface area contributed by atoms with Gasteiger partial charge in [0.05, 0.1) is 6.54 Å². The highest BCUT2D eigenvalue weighted by molar-refractivity contribution is 5.76. The highest BCUT2D eigenvalue weighted by Crippen LogP contribution is 2.40. The monoisotopic (exact) mass is 327 g/mol. The minimum Gasteiger partial charge on any atom is -0.356 e. The lowest BCUT2D eigenvalue weighted by molar-refractivity contribution is -0.124. The van der Waals surface area contributed by atoms with E-state index in [1.165, 1.54) is 24.8 Å². The van der Waals surface area contributed by atoms with Crippen LogP contribution in [0.5, 0.6) is 0 Å². The molecule has 6 nitrogen and oxygen atoms in total. The van der Waals surface area contributed by atoms with E-state index in [0.29, 0.717) is 13.0 Å². The number of rotatable bonds is 7. The van der Waals surface area contributed by atoms with Gasteiger partial charge in [0, 0.05) is 13.0 Å². The van der Waals surface area contributed by atoms with Crippen molar-refractivity contribution in [3.63, 3.8) is 0 Å². The molecule has 6 heteroatoms. The number of aromatic nitrogens is 4. The van der Waals surface area contributed by atoms with Gasteiger partial charge < -0.3 is 5.32 Å². The molecule has 0 bridgehead atoms. The summed E-state index contributed by atoms with van der Waals surface area (Å²) in [6.07, 6.45) is 8.82. The first-order chi connectivity index (χ1) is 11.8. The zero-order valence-corrected chi connectivity index (χ0v) is 14.0. The molecule has 1 aliphatic rings. The number of hydrogen-bond donors (Lipinski definition) is 1. The molecular formula is C18H25N5O. The van der Waals surface area contributed by atoms with Crippen molar-refractivity contribution in [1.29, 1.82) is 0 Å². The third kappa shape index (κ3) is 4.63. The van der Waals surface area contributed by atoms with Crippen molar-refractivity contribution in [2.45, 2.75) is 51.5 Å². The van der Waals surface area contributed by atoms with Crippen molar-refractivity contribution >= 4 is 5.91 Å². The Morgan fingerprint density at radius 3 is 2.67 bits per heavy atom. The summed E-state index contributed by atoms with van der Waals surface area (Å²) < 4.78 is 1.77. The summed E-state index contributed by atoms with van der Waals surface area (Å²) in [5.41, 5.74) is 1.24. The van der Waals surface area contributed by atoms with Crippen molar-refractivity contribution in [1.82, 2.24) is 25.5 Å². The van der Waals surface area contributed by atoms with Gasteiger partial charge in [-0.25, -0.2) is 4.68 Å². The van der Waals surface area contributed by atoms with Crippen molar-refractivity contribution in [3.8, 4) is 0 Å². The van der Waals surface area contributed by atoms with Gasteiger partial charge in [0.1, 0.15) is 6.33 Å². The molecule has 24 heavy (non-hydrogen) atoms. The molecule has 1 N–H and O–H groups in total. The van der Waals surface area contributed by atoms with E-state index < -0.39 is 0 Å². The van der Waals surface area contributed by atoms with Crippen LogP contribution in [0.1, 0.15) is 44.1 Å². The third-order valence-corrected chi connectivity index (χ3v) is 4.92. The Labute approximate surface area is 142 Å².